The smallest absolute Gasteiger partial charge is 0.411 e. The Hall–Kier alpha value is -10.9. The number of halogens is 6. The van der Waals surface area contributed by atoms with Crippen LogP contribution in [0.25, 0.3) is 0 Å². The van der Waals surface area contributed by atoms with E-state index in [-0.39, 0.29) is 102 Å². The molecule has 0 atom stereocenters. The van der Waals surface area contributed by atoms with Gasteiger partial charge in [0.15, 0.2) is 0 Å². The van der Waals surface area contributed by atoms with E-state index >= 15 is 26.3 Å². The van der Waals surface area contributed by atoms with Crippen LogP contribution in [0.1, 0.15) is 94.0 Å². The Morgan fingerprint density at radius 2 is 0.494 bits per heavy atom. The summed E-state index contributed by atoms with van der Waals surface area (Å²) in [5, 5.41) is 0. The van der Waals surface area contributed by atoms with Crippen LogP contribution in [0.2, 0.25) is 0 Å². The van der Waals surface area contributed by atoms with Gasteiger partial charge in [0.1, 0.15) is 46.0 Å². The second-order valence-corrected chi connectivity index (χ2v) is 19.2. The van der Waals surface area contributed by atoms with Gasteiger partial charge in [-0.3, -0.25) is 48.2 Å². The third-order valence-corrected chi connectivity index (χ3v) is 14.4. The normalized spacial score (nSPS) is 14.8. The van der Waals surface area contributed by atoms with Gasteiger partial charge in [-0.1, -0.05) is 24.3 Å². The summed E-state index contributed by atoms with van der Waals surface area (Å²) in [4.78, 5) is 107. The standard InChI is InChI=1S/C61H34F6N4O12/c1-68-51(72)43-23-19-39(27-47(43)53(68)74)82-41-21-25-45-49(29-41)57(78)70(55(45)76)33-7-15-37(16-8-33)80-35-11-3-31(4-12-35)59(60(62,63)64,61(65,66)67)32-5-13-36(14-6-32)81-38-17-9-34(10-18-38)71-56(77)46-26-22-42(30-50(46)58(71)79)83-40-20-24-44-48(28-40)54(75)69(2)52(44)73/h3-30H,1-2H3. The van der Waals surface area contributed by atoms with Crippen molar-refractivity contribution in [2.24, 2.45) is 0 Å². The molecule has 12 rings (SSSR count). The van der Waals surface area contributed by atoms with Gasteiger partial charge in [0.05, 0.1) is 55.9 Å². The van der Waals surface area contributed by atoms with Crippen molar-refractivity contribution in [2.75, 3.05) is 23.9 Å². The Balaban J connectivity index is 0.704. The van der Waals surface area contributed by atoms with E-state index in [1.54, 1.807) is 0 Å². The van der Waals surface area contributed by atoms with Crippen LogP contribution in [-0.2, 0) is 5.41 Å². The molecule has 0 saturated carbocycles. The first-order valence-corrected chi connectivity index (χ1v) is 24.8. The van der Waals surface area contributed by atoms with Gasteiger partial charge < -0.3 is 18.9 Å². The lowest BCUT2D eigenvalue weighted by atomic mass is 9.73. The van der Waals surface area contributed by atoms with Crippen LogP contribution in [0.15, 0.2) is 170 Å². The fraction of sp³-hybridized carbons (Fsp3) is 0.0820. The highest BCUT2D eigenvalue weighted by Crippen LogP contribution is 2.57. The molecule has 8 amide bonds. The molecule has 8 aromatic carbocycles. The van der Waals surface area contributed by atoms with Crippen molar-refractivity contribution in [1.29, 1.82) is 0 Å². The van der Waals surface area contributed by atoms with Gasteiger partial charge in [-0.25, -0.2) is 9.80 Å². The molecule has 0 aromatic heterocycles. The van der Waals surface area contributed by atoms with Crippen LogP contribution in [-0.4, -0.2) is 83.5 Å². The minimum atomic E-state index is -5.94. The molecule has 0 unspecified atom stereocenters. The van der Waals surface area contributed by atoms with E-state index in [0.29, 0.717) is 24.3 Å². The summed E-state index contributed by atoms with van der Waals surface area (Å²) in [5.74, 6) is -4.22. The van der Waals surface area contributed by atoms with Crippen molar-refractivity contribution in [3.8, 4) is 46.0 Å². The predicted octanol–water partition coefficient (Wildman–Crippen LogP) is 12.3. The number of amides is 8. The molecule has 8 aromatic rings. The number of anilines is 2. The van der Waals surface area contributed by atoms with Crippen LogP contribution in [0.3, 0.4) is 0 Å². The Kier molecular flexibility index (Phi) is 12.2. The second kappa shape index (κ2) is 19.1. The van der Waals surface area contributed by atoms with Crippen molar-refractivity contribution in [1.82, 2.24) is 9.80 Å². The lowest BCUT2D eigenvalue weighted by Crippen LogP contribution is -2.54. The maximum Gasteiger partial charge on any atom is 0.411 e. The molecular formula is C61H34F6N4O12. The van der Waals surface area contributed by atoms with Crippen LogP contribution >= 0.6 is 0 Å². The van der Waals surface area contributed by atoms with Crippen LogP contribution < -0.4 is 28.7 Å². The first kappa shape index (κ1) is 52.8. The zero-order valence-corrected chi connectivity index (χ0v) is 42.6. The zero-order valence-electron chi connectivity index (χ0n) is 42.6. The fourth-order valence-corrected chi connectivity index (χ4v) is 10.2. The van der Waals surface area contributed by atoms with Crippen molar-refractivity contribution < 1.29 is 83.6 Å². The maximum absolute atomic E-state index is 15.2. The number of fused-ring (bicyclic) bond motifs is 4. The first-order chi connectivity index (χ1) is 39.5. The molecule has 4 heterocycles. The van der Waals surface area contributed by atoms with Gasteiger partial charge in [0.2, 0.25) is 5.41 Å². The van der Waals surface area contributed by atoms with Gasteiger partial charge in [-0.15, -0.1) is 0 Å². The largest absolute Gasteiger partial charge is 0.457 e. The summed E-state index contributed by atoms with van der Waals surface area (Å²) in [5.41, 5.74) is -5.89. The lowest BCUT2D eigenvalue weighted by molar-refractivity contribution is -0.288. The number of carbonyl (C=O) groups excluding carboxylic acids is 8. The van der Waals surface area contributed by atoms with Crippen LogP contribution in [0.4, 0.5) is 37.7 Å². The van der Waals surface area contributed by atoms with Crippen molar-refractivity contribution in [3.05, 3.63) is 225 Å². The highest BCUT2D eigenvalue weighted by Gasteiger charge is 2.72. The van der Waals surface area contributed by atoms with E-state index in [1.165, 1.54) is 135 Å². The van der Waals surface area contributed by atoms with Crippen LogP contribution in [0, 0.1) is 0 Å². The monoisotopic (exact) mass is 1130 g/mol. The molecule has 22 heteroatoms. The Morgan fingerprint density at radius 1 is 0.277 bits per heavy atom. The van der Waals surface area contributed by atoms with E-state index in [2.05, 4.69) is 0 Å². The van der Waals surface area contributed by atoms with E-state index in [9.17, 15) is 38.4 Å². The average Bonchev–Trinajstić information content (AvgIpc) is 4.27. The SMILES string of the molecule is CN1C(=O)c2ccc(Oc3ccc4c(c3)C(=O)N(c3ccc(Oc5ccc(C(c6ccc(Oc7ccc(N8C(=O)c9ccc(Oc%10ccc%11c(c%10)C(=O)N(C)C%11=O)cc9C8=O)cc7)cc6)(C(F)(F)F)C(F)(F)F)cc5)cc3)C4=O)cc2C1=O. The molecule has 4 aliphatic rings. The summed E-state index contributed by atoms with van der Waals surface area (Å²) in [6, 6.07) is 34.0. The minimum absolute atomic E-state index is 0.000715. The van der Waals surface area contributed by atoms with Crippen molar-refractivity contribution >= 4 is 58.6 Å². The topological polar surface area (TPSA) is 186 Å². The molecular weight excluding hydrogens is 1090 g/mol. The number of alkyl halides is 6. The van der Waals surface area contributed by atoms with E-state index in [1.807, 2.05) is 0 Å². The van der Waals surface area contributed by atoms with Gasteiger partial charge in [0.25, 0.3) is 47.3 Å². The van der Waals surface area contributed by atoms with E-state index in [4.69, 9.17) is 18.9 Å². The number of hydrogen-bond acceptors (Lipinski definition) is 12. The Labute approximate surface area is 463 Å². The molecule has 0 saturated heterocycles. The number of benzene rings is 8. The predicted molar refractivity (Wildman–Crippen MR) is 280 cm³/mol. The van der Waals surface area contributed by atoms with Crippen molar-refractivity contribution in [2.45, 2.75) is 17.8 Å². The van der Waals surface area contributed by atoms with Gasteiger partial charge >= 0.3 is 12.4 Å². The molecule has 0 fully saturated rings. The zero-order chi connectivity index (χ0) is 58.6. The second-order valence-electron chi connectivity index (χ2n) is 19.2. The first-order valence-electron chi connectivity index (χ1n) is 24.8. The Bertz CT molecular complexity index is 3900. The molecule has 412 valence electrons. The van der Waals surface area contributed by atoms with Crippen molar-refractivity contribution in [3.63, 3.8) is 0 Å². The molecule has 0 spiro atoms. The third-order valence-electron chi connectivity index (χ3n) is 14.4. The molecule has 83 heavy (non-hydrogen) atoms. The molecule has 0 bridgehead atoms. The third kappa shape index (κ3) is 8.56. The number of ether oxygens (including phenoxy) is 4. The molecule has 4 aliphatic heterocycles. The summed E-state index contributed by atoms with van der Waals surface area (Å²) in [7, 11) is 2.70. The van der Waals surface area contributed by atoms with E-state index < -0.39 is 76.2 Å². The minimum Gasteiger partial charge on any atom is -0.457 e. The summed E-state index contributed by atoms with van der Waals surface area (Å²) >= 11 is 0. The van der Waals surface area contributed by atoms with E-state index in [0.717, 1.165) is 43.9 Å². The van der Waals surface area contributed by atoms with Crippen LogP contribution in [0.5, 0.6) is 46.0 Å². The number of nitrogens with zero attached hydrogens (tertiary/aromatic N) is 4. The summed E-state index contributed by atoms with van der Waals surface area (Å²) in [6.45, 7) is 0. The fourth-order valence-electron chi connectivity index (χ4n) is 10.2. The lowest BCUT2D eigenvalue weighted by Gasteiger charge is -2.38. The Morgan fingerprint density at radius 3 is 0.783 bits per heavy atom. The average molecular weight is 1130 g/mol. The highest BCUT2D eigenvalue weighted by molar-refractivity contribution is 6.35. The maximum atomic E-state index is 15.2. The quantitative estimate of drug-likeness (QED) is 0.0833. The number of carbonyl (C=O) groups is 8. The highest BCUT2D eigenvalue weighted by atomic mass is 19.4. The molecule has 0 N–H and O–H groups in total. The summed E-state index contributed by atoms with van der Waals surface area (Å²) in [6.07, 6.45) is -11.9. The molecule has 0 radical (unpaired) electrons. The number of rotatable bonds is 12. The van der Waals surface area contributed by atoms with Gasteiger partial charge in [-0.2, -0.15) is 26.3 Å². The summed E-state index contributed by atoms with van der Waals surface area (Å²) < 4.78 is 114. The number of imide groups is 4. The molecule has 0 aliphatic carbocycles. The number of hydrogen-bond donors (Lipinski definition) is 0. The molecule has 16 nitrogen and oxygen atoms in total. The van der Waals surface area contributed by atoms with Gasteiger partial charge in [-0.05, 0) is 157 Å². The van der Waals surface area contributed by atoms with Gasteiger partial charge in [0, 0.05) is 14.1 Å².